The molecule has 2 rings (SSSR count). The summed E-state index contributed by atoms with van der Waals surface area (Å²) in [5.74, 6) is 2.23. The number of ether oxygens (including phenoxy) is 5. The van der Waals surface area contributed by atoms with Gasteiger partial charge in [0, 0.05) is 6.42 Å². The smallest absolute Gasteiger partial charge is 0.397 e. The van der Waals surface area contributed by atoms with E-state index in [2.05, 4.69) is 80.3 Å². The van der Waals surface area contributed by atoms with E-state index in [9.17, 15) is 53.2 Å². The summed E-state index contributed by atoms with van der Waals surface area (Å²) in [5.41, 5.74) is 0. The quantitative estimate of drug-likeness (QED) is 0.0169. The van der Waals surface area contributed by atoms with E-state index in [1.54, 1.807) is 6.92 Å². The van der Waals surface area contributed by atoms with Crippen LogP contribution in [0, 0.1) is 59.2 Å². The third kappa shape index (κ3) is 39.4. The molecule has 2 heterocycles. The molecule has 21 unspecified atom stereocenters. The molecule has 7 N–H and O–H groups in total. The highest BCUT2D eigenvalue weighted by Crippen LogP contribution is 2.36. The molecule has 0 radical (unpaired) electrons. The third-order valence-corrected chi connectivity index (χ3v) is 20.9. The second-order valence-electron chi connectivity index (χ2n) is 31.0. The molecular formula is C76H146O17S. The van der Waals surface area contributed by atoms with Gasteiger partial charge < -0.3 is 54.3 Å². The molecule has 0 amide bonds. The Balaban J connectivity index is 1.91. The normalized spacial score (nSPS) is 25.6. The van der Waals surface area contributed by atoms with Crippen molar-refractivity contribution in [1.82, 2.24) is 0 Å². The minimum absolute atomic E-state index is 0.0231. The minimum Gasteiger partial charge on any atom is -0.455 e. The van der Waals surface area contributed by atoms with E-state index in [0.717, 1.165) is 64.2 Å². The average molecular weight is 1360 g/mol. The lowest BCUT2D eigenvalue weighted by Crippen LogP contribution is -2.65. The number of rotatable bonds is 58. The van der Waals surface area contributed by atoms with Crippen LogP contribution in [0.5, 0.6) is 0 Å². The molecular weight excluding hydrogens is 1220 g/mol. The van der Waals surface area contributed by atoms with Crippen LogP contribution in [-0.4, -0.2) is 136 Å². The first-order valence-corrected chi connectivity index (χ1v) is 40.1. The molecule has 558 valence electrons. The largest absolute Gasteiger partial charge is 0.455 e. The Kier molecular flexibility index (Phi) is 48.6. The second-order valence-corrected chi connectivity index (χ2v) is 32.1. The van der Waals surface area contributed by atoms with E-state index in [1.165, 1.54) is 167 Å². The Hall–Kier alpha value is -1.55. The van der Waals surface area contributed by atoms with Crippen LogP contribution in [0.2, 0.25) is 0 Å². The van der Waals surface area contributed by atoms with Gasteiger partial charge in [0.05, 0.1) is 25.2 Å². The van der Waals surface area contributed by atoms with Gasteiger partial charge in [-0.05, 0) is 124 Å². The first-order chi connectivity index (χ1) is 44.7. The summed E-state index contributed by atoms with van der Waals surface area (Å²) in [6.45, 7) is 25.4. The summed E-state index contributed by atoms with van der Waals surface area (Å²) in [5, 5.41) is 64.5. The first-order valence-electron chi connectivity index (χ1n) is 38.7. The zero-order valence-electron chi connectivity index (χ0n) is 61.7. The van der Waals surface area contributed by atoms with Gasteiger partial charge in [0.15, 0.2) is 24.6 Å². The maximum atomic E-state index is 14.2. The zero-order chi connectivity index (χ0) is 70.0. The number of aliphatic hydroxyl groups excluding tert-OH is 6. The van der Waals surface area contributed by atoms with Gasteiger partial charge in [0.25, 0.3) is 0 Å². The van der Waals surface area contributed by atoms with Crippen molar-refractivity contribution in [2.24, 2.45) is 59.2 Å². The molecule has 2 fully saturated rings. The van der Waals surface area contributed by atoms with Gasteiger partial charge in [-0.25, -0.2) is 4.18 Å². The van der Waals surface area contributed by atoms with Gasteiger partial charge >= 0.3 is 22.3 Å². The molecule has 2 aliphatic rings. The van der Waals surface area contributed by atoms with Crippen molar-refractivity contribution in [3.05, 3.63) is 0 Å². The number of carbonyl (C=O) groups excluding carboxylic acids is 2. The number of unbranched alkanes of at least 4 members (excludes halogenated alkanes) is 26. The molecule has 0 aliphatic carbocycles. The summed E-state index contributed by atoms with van der Waals surface area (Å²) in [6.07, 6.45) is 26.4. The second kappa shape index (κ2) is 51.6. The molecule has 17 nitrogen and oxygen atoms in total. The predicted molar refractivity (Wildman–Crippen MR) is 376 cm³/mol. The predicted octanol–water partition coefficient (Wildman–Crippen LogP) is 16.5. The fourth-order valence-corrected chi connectivity index (χ4v) is 16.3. The number of esters is 2. The van der Waals surface area contributed by atoms with Crippen LogP contribution < -0.4 is 0 Å². The standard InChI is InChI=1S/C76H146O17S/c1-13-15-17-19-21-23-25-27-28-30-31-33-35-37-39-41-64(79)62(11)50-60(9)48-58(7)46-56(5)44-54(3)43-55(4)45-57(6)47-59(8)49-61(10)51-63(12)74(84)91-73-71(90-67(80)42-40-38-36-34-32-29-26-24-22-20-18-16-14-2)69(82)66(53-78)89-76(73)92-75-72(93-94(85,86)87)70(83)68(81)65(52-77)88-75/h54-66,68-73,75-79,81-83H,13-53H2,1-12H3,(H,85,86,87). The maximum absolute atomic E-state index is 14.2. The fourth-order valence-electron chi connectivity index (χ4n) is 15.8. The summed E-state index contributed by atoms with van der Waals surface area (Å²) in [4.78, 5) is 27.8. The fraction of sp³-hybridized carbons (Fsp3) is 0.974. The molecule has 18 heteroatoms. The van der Waals surface area contributed by atoms with Gasteiger partial charge in [0.2, 0.25) is 6.29 Å². The number of hydrogen-bond acceptors (Lipinski definition) is 16. The van der Waals surface area contributed by atoms with Crippen molar-refractivity contribution >= 4 is 22.3 Å². The highest BCUT2D eigenvalue weighted by molar-refractivity contribution is 7.80. The van der Waals surface area contributed by atoms with E-state index < -0.39 is 103 Å². The van der Waals surface area contributed by atoms with Crippen molar-refractivity contribution in [1.29, 1.82) is 0 Å². The van der Waals surface area contributed by atoms with E-state index in [1.807, 2.05) is 0 Å². The number of aliphatic hydroxyl groups is 6. The molecule has 0 bridgehead atoms. The van der Waals surface area contributed by atoms with Gasteiger partial charge in [-0.15, -0.1) is 0 Å². The van der Waals surface area contributed by atoms with Crippen LogP contribution >= 0.6 is 0 Å². The molecule has 21 atom stereocenters. The van der Waals surface area contributed by atoms with Crippen LogP contribution in [0.3, 0.4) is 0 Å². The summed E-state index contributed by atoms with van der Waals surface area (Å²) < 4.78 is 67.7. The zero-order valence-corrected chi connectivity index (χ0v) is 62.6. The Morgan fingerprint density at radius 2 is 0.745 bits per heavy atom. The van der Waals surface area contributed by atoms with Crippen LogP contribution in [0.4, 0.5) is 0 Å². The molecule has 2 saturated heterocycles. The van der Waals surface area contributed by atoms with Gasteiger partial charge in [-0.1, -0.05) is 256 Å². The highest BCUT2D eigenvalue weighted by Gasteiger charge is 2.55. The monoisotopic (exact) mass is 1360 g/mol. The lowest BCUT2D eigenvalue weighted by atomic mass is 9.79. The van der Waals surface area contributed by atoms with E-state index in [0.29, 0.717) is 60.2 Å². The Bertz CT molecular complexity index is 1980. The summed E-state index contributed by atoms with van der Waals surface area (Å²) >= 11 is 0. The SMILES string of the molecule is CCCCCCCCCCCCCCCCCC(O)C(C)CC(C)CC(C)CC(C)CC(C)CC(C)CC(C)CC(C)CC(C)CC(C)C(=O)OC1C(OC2OC(CO)C(O)C(O)C2OS(=O)(=O)O)OC(CO)C(O)C1OC(=O)CCCCCCCCCCCCCCC. The van der Waals surface area contributed by atoms with Crippen LogP contribution in [-0.2, 0) is 47.9 Å². The molecule has 0 aromatic rings. The topological polar surface area (TPSA) is 265 Å². The van der Waals surface area contributed by atoms with Crippen molar-refractivity contribution in [3.8, 4) is 0 Å². The van der Waals surface area contributed by atoms with Crippen molar-refractivity contribution in [2.45, 2.75) is 401 Å². The highest BCUT2D eigenvalue weighted by atomic mass is 32.3. The lowest BCUT2D eigenvalue weighted by Gasteiger charge is -2.46. The molecule has 2 aliphatic heterocycles. The minimum atomic E-state index is -5.33. The van der Waals surface area contributed by atoms with Crippen molar-refractivity contribution in [2.75, 3.05) is 13.2 Å². The van der Waals surface area contributed by atoms with Crippen molar-refractivity contribution < 1.29 is 81.1 Å². The third-order valence-electron chi connectivity index (χ3n) is 20.5. The van der Waals surface area contributed by atoms with Gasteiger partial charge in [-0.2, -0.15) is 8.42 Å². The summed E-state index contributed by atoms with van der Waals surface area (Å²) in [6, 6.07) is 0. The van der Waals surface area contributed by atoms with Gasteiger partial charge in [-0.3, -0.25) is 14.1 Å². The van der Waals surface area contributed by atoms with Crippen LogP contribution in [0.1, 0.15) is 333 Å². The summed E-state index contributed by atoms with van der Waals surface area (Å²) in [7, 11) is -5.33. The molecule has 0 aromatic heterocycles. The molecule has 94 heavy (non-hydrogen) atoms. The van der Waals surface area contributed by atoms with E-state index in [-0.39, 0.29) is 18.4 Å². The molecule has 0 aromatic carbocycles. The average Bonchev–Trinajstić information content (AvgIpc) is 0.782. The Morgan fingerprint density at radius 3 is 1.12 bits per heavy atom. The van der Waals surface area contributed by atoms with Gasteiger partial charge in [0.1, 0.15) is 30.5 Å². The Labute approximate surface area is 574 Å². The van der Waals surface area contributed by atoms with Crippen LogP contribution in [0.25, 0.3) is 0 Å². The van der Waals surface area contributed by atoms with Crippen molar-refractivity contribution in [3.63, 3.8) is 0 Å². The first kappa shape index (κ1) is 88.5. The van der Waals surface area contributed by atoms with Crippen LogP contribution in [0.15, 0.2) is 0 Å². The number of carbonyl (C=O) groups is 2. The molecule has 0 saturated carbocycles. The molecule has 0 spiro atoms. The Morgan fingerprint density at radius 1 is 0.415 bits per heavy atom. The lowest BCUT2D eigenvalue weighted by molar-refractivity contribution is -0.374. The number of hydrogen-bond donors (Lipinski definition) is 7. The van der Waals surface area contributed by atoms with E-state index >= 15 is 0 Å². The van der Waals surface area contributed by atoms with E-state index in [4.69, 9.17) is 23.7 Å². The maximum Gasteiger partial charge on any atom is 0.397 e.